The summed E-state index contributed by atoms with van der Waals surface area (Å²) in [5, 5.41) is 6.82. The normalized spacial score (nSPS) is 19.6. The molecular formula is C16H35IN4O. The van der Waals surface area contributed by atoms with Gasteiger partial charge in [-0.25, -0.2) is 0 Å². The molecule has 0 spiro atoms. The lowest BCUT2D eigenvalue weighted by molar-refractivity contribution is 0.147. The molecule has 6 heteroatoms. The van der Waals surface area contributed by atoms with Crippen molar-refractivity contribution in [1.29, 1.82) is 0 Å². The Bertz CT molecular complexity index is 289. The van der Waals surface area contributed by atoms with Gasteiger partial charge in [-0.05, 0) is 38.8 Å². The fraction of sp³-hybridized carbons (Fsp3) is 0.938. The van der Waals surface area contributed by atoms with Crippen LogP contribution in [0.4, 0.5) is 0 Å². The zero-order valence-corrected chi connectivity index (χ0v) is 16.9. The van der Waals surface area contributed by atoms with Crippen molar-refractivity contribution >= 4 is 29.9 Å². The number of rotatable bonds is 9. The van der Waals surface area contributed by atoms with Gasteiger partial charge in [-0.3, -0.25) is 9.89 Å². The Morgan fingerprint density at radius 1 is 1.27 bits per heavy atom. The molecule has 2 N–H and O–H groups in total. The molecule has 1 atom stereocenters. The number of methoxy groups -OCH3 is 1. The van der Waals surface area contributed by atoms with Crippen LogP contribution >= 0.6 is 24.0 Å². The van der Waals surface area contributed by atoms with Crippen molar-refractivity contribution in [3.8, 4) is 0 Å². The van der Waals surface area contributed by atoms with E-state index in [1.807, 2.05) is 7.05 Å². The van der Waals surface area contributed by atoms with E-state index in [2.05, 4.69) is 27.4 Å². The summed E-state index contributed by atoms with van der Waals surface area (Å²) in [7, 11) is 3.57. The van der Waals surface area contributed by atoms with E-state index in [1.165, 1.54) is 45.2 Å². The van der Waals surface area contributed by atoms with E-state index in [-0.39, 0.29) is 24.0 Å². The fourth-order valence-corrected chi connectivity index (χ4v) is 2.81. The summed E-state index contributed by atoms with van der Waals surface area (Å²) >= 11 is 0. The molecule has 1 saturated heterocycles. The third-order valence-electron chi connectivity index (χ3n) is 4.09. The average Bonchev–Trinajstić information content (AvgIpc) is 2.53. The topological polar surface area (TPSA) is 48.9 Å². The van der Waals surface area contributed by atoms with E-state index in [0.717, 1.165) is 32.1 Å². The van der Waals surface area contributed by atoms with Crippen molar-refractivity contribution in [2.24, 2.45) is 4.99 Å². The van der Waals surface area contributed by atoms with Gasteiger partial charge in [0, 0.05) is 39.9 Å². The van der Waals surface area contributed by atoms with Crippen molar-refractivity contribution in [3.63, 3.8) is 0 Å². The van der Waals surface area contributed by atoms with Gasteiger partial charge in [0.1, 0.15) is 0 Å². The highest BCUT2D eigenvalue weighted by atomic mass is 127. The maximum Gasteiger partial charge on any atom is 0.191 e. The number of hydrogen-bond donors (Lipinski definition) is 2. The highest BCUT2D eigenvalue weighted by Gasteiger charge is 2.21. The lowest BCUT2D eigenvalue weighted by atomic mass is 10.0. The number of ether oxygens (including phenoxy) is 1. The van der Waals surface area contributed by atoms with Crippen LogP contribution in [-0.2, 0) is 4.74 Å². The van der Waals surface area contributed by atoms with E-state index in [4.69, 9.17) is 4.74 Å². The van der Waals surface area contributed by atoms with E-state index < -0.39 is 0 Å². The number of nitrogens with one attached hydrogen (secondary N) is 2. The predicted molar refractivity (Wildman–Crippen MR) is 105 cm³/mol. The summed E-state index contributed by atoms with van der Waals surface area (Å²) in [6.45, 7) is 7.45. The second-order valence-corrected chi connectivity index (χ2v) is 5.77. The molecule has 1 heterocycles. The summed E-state index contributed by atoms with van der Waals surface area (Å²) in [6.07, 6.45) is 7.60. The van der Waals surface area contributed by atoms with E-state index in [9.17, 15) is 0 Å². The smallest absolute Gasteiger partial charge is 0.191 e. The highest BCUT2D eigenvalue weighted by Crippen LogP contribution is 2.16. The highest BCUT2D eigenvalue weighted by molar-refractivity contribution is 14.0. The maximum absolute atomic E-state index is 5.06. The Morgan fingerprint density at radius 2 is 2.09 bits per heavy atom. The van der Waals surface area contributed by atoms with E-state index in [1.54, 1.807) is 7.11 Å². The van der Waals surface area contributed by atoms with Gasteiger partial charge in [-0.2, -0.15) is 0 Å². The Kier molecular flexibility index (Phi) is 14.5. The third-order valence-corrected chi connectivity index (χ3v) is 4.09. The van der Waals surface area contributed by atoms with Crippen LogP contribution < -0.4 is 10.6 Å². The predicted octanol–water partition coefficient (Wildman–Crippen LogP) is 2.46. The number of aliphatic imine (C=N–C) groups is 1. The number of unbranched alkanes of at least 4 members (excludes halogenated alkanes) is 1. The first kappa shape index (κ1) is 21.9. The molecule has 0 aromatic rings. The quantitative estimate of drug-likeness (QED) is 0.258. The summed E-state index contributed by atoms with van der Waals surface area (Å²) < 4.78 is 5.06. The molecule has 0 radical (unpaired) electrons. The molecule has 132 valence electrons. The molecule has 22 heavy (non-hydrogen) atoms. The minimum atomic E-state index is 0. The molecule has 1 unspecified atom stereocenters. The fourth-order valence-electron chi connectivity index (χ4n) is 2.81. The van der Waals surface area contributed by atoms with Crippen molar-refractivity contribution in [1.82, 2.24) is 15.5 Å². The van der Waals surface area contributed by atoms with Gasteiger partial charge in [0.05, 0.1) is 0 Å². The number of nitrogens with zero attached hydrogens (tertiary/aromatic N) is 2. The molecule has 1 fully saturated rings. The first-order valence-electron chi connectivity index (χ1n) is 8.49. The molecule has 1 rings (SSSR count). The second kappa shape index (κ2) is 14.5. The Hall–Kier alpha value is -0.0800. The SMILES string of the molecule is CCCCN1CCCCC1CNC(=NC)NCCCOC.I. The van der Waals surface area contributed by atoms with Gasteiger partial charge in [0.15, 0.2) is 5.96 Å². The van der Waals surface area contributed by atoms with Crippen LogP contribution in [0.2, 0.25) is 0 Å². The minimum Gasteiger partial charge on any atom is -0.385 e. The zero-order valence-electron chi connectivity index (χ0n) is 14.6. The summed E-state index contributed by atoms with van der Waals surface area (Å²) in [4.78, 5) is 6.94. The van der Waals surface area contributed by atoms with E-state index in [0.29, 0.717) is 6.04 Å². The molecule has 5 nitrogen and oxygen atoms in total. The molecule has 0 bridgehead atoms. The van der Waals surface area contributed by atoms with Crippen LogP contribution in [0.3, 0.4) is 0 Å². The van der Waals surface area contributed by atoms with Crippen LogP contribution in [0.1, 0.15) is 45.4 Å². The molecule has 0 aromatic carbocycles. The van der Waals surface area contributed by atoms with Crippen LogP contribution in [0, 0.1) is 0 Å². The number of guanidine groups is 1. The Balaban J connectivity index is 0.00000441. The first-order chi connectivity index (χ1) is 10.3. The van der Waals surface area contributed by atoms with Gasteiger partial charge >= 0.3 is 0 Å². The lowest BCUT2D eigenvalue weighted by Crippen LogP contribution is -2.49. The van der Waals surface area contributed by atoms with Gasteiger partial charge in [-0.15, -0.1) is 24.0 Å². The summed E-state index contributed by atoms with van der Waals surface area (Å²) in [5.41, 5.74) is 0. The molecule has 0 aliphatic carbocycles. The monoisotopic (exact) mass is 426 g/mol. The zero-order chi connectivity index (χ0) is 15.3. The third kappa shape index (κ3) is 9.15. The lowest BCUT2D eigenvalue weighted by Gasteiger charge is -2.36. The molecule has 1 aliphatic rings. The summed E-state index contributed by atoms with van der Waals surface area (Å²) in [5.74, 6) is 0.909. The first-order valence-corrected chi connectivity index (χ1v) is 8.49. The Labute approximate surface area is 153 Å². The van der Waals surface area contributed by atoms with Crippen LogP contribution in [0.25, 0.3) is 0 Å². The van der Waals surface area contributed by atoms with Gasteiger partial charge in [-0.1, -0.05) is 19.8 Å². The van der Waals surface area contributed by atoms with Crippen molar-refractivity contribution in [2.75, 3.05) is 46.9 Å². The van der Waals surface area contributed by atoms with Gasteiger partial charge in [0.2, 0.25) is 0 Å². The maximum atomic E-state index is 5.06. The van der Waals surface area contributed by atoms with Gasteiger partial charge < -0.3 is 15.4 Å². The van der Waals surface area contributed by atoms with Crippen LogP contribution in [-0.4, -0.2) is 63.8 Å². The molecule has 0 aromatic heterocycles. The van der Waals surface area contributed by atoms with Crippen molar-refractivity contribution in [3.05, 3.63) is 0 Å². The van der Waals surface area contributed by atoms with Gasteiger partial charge in [0.25, 0.3) is 0 Å². The van der Waals surface area contributed by atoms with Crippen molar-refractivity contribution < 1.29 is 4.74 Å². The number of halogens is 1. The van der Waals surface area contributed by atoms with Crippen LogP contribution in [0.5, 0.6) is 0 Å². The van der Waals surface area contributed by atoms with Crippen molar-refractivity contribution in [2.45, 2.75) is 51.5 Å². The molecular weight excluding hydrogens is 391 g/mol. The second-order valence-electron chi connectivity index (χ2n) is 5.77. The largest absolute Gasteiger partial charge is 0.385 e. The van der Waals surface area contributed by atoms with Crippen LogP contribution in [0.15, 0.2) is 4.99 Å². The molecule has 1 aliphatic heterocycles. The minimum absolute atomic E-state index is 0. The number of likely N-dealkylation sites (tertiary alicyclic amines) is 1. The standard InChI is InChI=1S/C16H34N4O.HI/c1-4-5-11-20-12-7-6-9-15(20)14-19-16(17-2)18-10-8-13-21-3;/h15H,4-14H2,1-3H3,(H2,17,18,19);1H. The molecule has 0 amide bonds. The average molecular weight is 426 g/mol. The molecule has 0 saturated carbocycles. The number of piperidine rings is 1. The van der Waals surface area contributed by atoms with E-state index >= 15 is 0 Å². The number of hydrogen-bond acceptors (Lipinski definition) is 3. The summed E-state index contributed by atoms with van der Waals surface area (Å²) in [6, 6.07) is 0.655. The Morgan fingerprint density at radius 3 is 2.77 bits per heavy atom.